The summed E-state index contributed by atoms with van der Waals surface area (Å²) in [7, 11) is 1.27. The van der Waals surface area contributed by atoms with Crippen molar-refractivity contribution in [1.82, 2.24) is 4.98 Å². The number of carbonyl (C=O) groups excluding carboxylic acids is 1. The second kappa shape index (κ2) is 5.14. The molecule has 0 spiro atoms. The van der Waals surface area contributed by atoms with Gasteiger partial charge in [-0.25, -0.2) is 9.78 Å². The lowest BCUT2D eigenvalue weighted by atomic mass is 10.2. The number of hydrogen-bond donors (Lipinski definition) is 1. The van der Waals surface area contributed by atoms with Crippen LogP contribution in [0.2, 0.25) is 10.0 Å². The molecule has 0 aliphatic carbocycles. The number of nitrogens with two attached hydrogens (primary N) is 1. The predicted molar refractivity (Wildman–Crippen MR) is 73.3 cm³/mol. The molecular formula is C11H8Cl2N2O2S. The molecule has 0 aliphatic heterocycles. The number of halogens is 2. The van der Waals surface area contributed by atoms with Crippen LogP contribution < -0.4 is 5.73 Å². The number of methoxy groups -OCH3 is 1. The van der Waals surface area contributed by atoms with Gasteiger partial charge in [0.2, 0.25) is 0 Å². The molecule has 1 heterocycles. The van der Waals surface area contributed by atoms with Crippen molar-refractivity contribution in [2.45, 2.75) is 0 Å². The summed E-state index contributed by atoms with van der Waals surface area (Å²) in [5.74, 6) is -0.576. The Bertz CT molecular complexity index is 613. The summed E-state index contributed by atoms with van der Waals surface area (Å²) in [6.45, 7) is 0. The van der Waals surface area contributed by atoms with Gasteiger partial charge in [-0.05, 0) is 18.2 Å². The first-order valence-electron chi connectivity index (χ1n) is 4.83. The number of thiazole rings is 1. The molecule has 0 saturated carbocycles. The van der Waals surface area contributed by atoms with Crippen LogP contribution in [0.5, 0.6) is 0 Å². The van der Waals surface area contributed by atoms with E-state index in [1.165, 1.54) is 7.11 Å². The van der Waals surface area contributed by atoms with Crippen LogP contribution in [0, 0.1) is 0 Å². The standard InChI is InChI=1S/C11H8Cl2N2O2S/c1-17-11(16)8-9(14)18-10(15-8)6-4-5(12)2-3-7(6)13/h2-4H,14H2,1H3. The van der Waals surface area contributed by atoms with E-state index >= 15 is 0 Å². The fraction of sp³-hybridized carbons (Fsp3) is 0.0909. The number of anilines is 1. The first-order valence-corrected chi connectivity index (χ1v) is 6.40. The Hall–Kier alpha value is -1.30. The highest BCUT2D eigenvalue weighted by atomic mass is 35.5. The molecule has 0 aliphatic rings. The molecule has 0 saturated heterocycles. The second-order valence-corrected chi connectivity index (χ2v) is 5.22. The molecule has 2 N–H and O–H groups in total. The smallest absolute Gasteiger partial charge is 0.359 e. The van der Waals surface area contributed by atoms with E-state index in [2.05, 4.69) is 9.72 Å². The minimum Gasteiger partial charge on any atom is -0.464 e. The number of aromatic nitrogens is 1. The van der Waals surface area contributed by atoms with Crippen molar-refractivity contribution in [3.63, 3.8) is 0 Å². The van der Waals surface area contributed by atoms with Crippen LogP contribution in [0.25, 0.3) is 10.6 Å². The lowest BCUT2D eigenvalue weighted by Gasteiger charge is -2.00. The molecule has 18 heavy (non-hydrogen) atoms. The van der Waals surface area contributed by atoms with Crippen LogP contribution in [0.4, 0.5) is 5.00 Å². The average Bonchev–Trinajstić information content (AvgIpc) is 2.73. The van der Waals surface area contributed by atoms with Gasteiger partial charge in [0.1, 0.15) is 10.0 Å². The van der Waals surface area contributed by atoms with E-state index < -0.39 is 5.97 Å². The van der Waals surface area contributed by atoms with E-state index in [-0.39, 0.29) is 10.7 Å². The van der Waals surface area contributed by atoms with E-state index in [0.29, 0.717) is 20.6 Å². The Balaban J connectivity index is 2.52. The molecule has 94 valence electrons. The van der Waals surface area contributed by atoms with Gasteiger partial charge in [-0.2, -0.15) is 0 Å². The number of nitrogen functional groups attached to an aromatic ring is 1. The lowest BCUT2D eigenvalue weighted by Crippen LogP contribution is -2.04. The highest BCUT2D eigenvalue weighted by Gasteiger charge is 2.18. The number of benzene rings is 1. The lowest BCUT2D eigenvalue weighted by molar-refractivity contribution is 0.0596. The van der Waals surface area contributed by atoms with Crippen molar-refractivity contribution < 1.29 is 9.53 Å². The third-order valence-electron chi connectivity index (χ3n) is 2.19. The molecular weight excluding hydrogens is 295 g/mol. The van der Waals surface area contributed by atoms with E-state index in [4.69, 9.17) is 28.9 Å². The zero-order valence-electron chi connectivity index (χ0n) is 9.24. The van der Waals surface area contributed by atoms with Crippen molar-refractivity contribution in [1.29, 1.82) is 0 Å². The molecule has 0 fully saturated rings. The monoisotopic (exact) mass is 302 g/mol. The van der Waals surface area contributed by atoms with Crippen molar-refractivity contribution in [2.24, 2.45) is 0 Å². The van der Waals surface area contributed by atoms with Gasteiger partial charge in [0, 0.05) is 10.6 Å². The normalized spacial score (nSPS) is 10.4. The van der Waals surface area contributed by atoms with Crippen LogP contribution >= 0.6 is 34.5 Å². The largest absolute Gasteiger partial charge is 0.464 e. The molecule has 2 rings (SSSR count). The van der Waals surface area contributed by atoms with E-state index in [1.54, 1.807) is 18.2 Å². The maximum absolute atomic E-state index is 11.4. The van der Waals surface area contributed by atoms with Crippen molar-refractivity contribution in [2.75, 3.05) is 12.8 Å². The quantitative estimate of drug-likeness (QED) is 0.863. The maximum Gasteiger partial charge on any atom is 0.359 e. The topological polar surface area (TPSA) is 65.2 Å². The zero-order chi connectivity index (χ0) is 13.3. The second-order valence-electron chi connectivity index (χ2n) is 3.35. The van der Waals surface area contributed by atoms with Gasteiger partial charge in [0.05, 0.1) is 12.1 Å². The maximum atomic E-state index is 11.4. The van der Waals surface area contributed by atoms with Gasteiger partial charge < -0.3 is 10.5 Å². The van der Waals surface area contributed by atoms with Gasteiger partial charge in [-0.1, -0.05) is 34.5 Å². The highest BCUT2D eigenvalue weighted by molar-refractivity contribution is 7.19. The van der Waals surface area contributed by atoms with E-state index in [9.17, 15) is 4.79 Å². The Labute approximate surface area is 117 Å². The Morgan fingerprint density at radius 1 is 1.44 bits per heavy atom. The van der Waals surface area contributed by atoms with Crippen molar-refractivity contribution in [3.8, 4) is 10.6 Å². The zero-order valence-corrected chi connectivity index (χ0v) is 11.6. The number of nitrogens with zero attached hydrogens (tertiary/aromatic N) is 1. The molecule has 1 aromatic carbocycles. The minimum atomic E-state index is -0.576. The third-order valence-corrected chi connectivity index (χ3v) is 3.67. The average molecular weight is 303 g/mol. The number of esters is 1. The molecule has 2 aromatic rings. The summed E-state index contributed by atoms with van der Waals surface area (Å²) in [6.07, 6.45) is 0. The number of rotatable bonds is 2. The van der Waals surface area contributed by atoms with Crippen molar-refractivity contribution >= 4 is 45.5 Å². The van der Waals surface area contributed by atoms with E-state index in [0.717, 1.165) is 11.3 Å². The number of carbonyl (C=O) groups is 1. The third kappa shape index (κ3) is 2.43. The van der Waals surface area contributed by atoms with Crippen LogP contribution in [0.3, 0.4) is 0 Å². The van der Waals surface area contributed by atoms with Crippen molar-refractivity contribution in [3.05, 3.63) is 33.9 Å². The van der Waals surface area contributed by atoms with Gasteiger partial charge in [0.15, 0.2) is 5.69 Å². The first-order chi connectivity index (χ1) is 8.52. The van der Waals surface area contributed by atoms with Gasteiger partial charge in [-0.3, -0.25) is 0 Å². The molecule has 0 unspecified atom stereocenters. The van der Waals surface area contributed by atoms with Gasteiger partial charge in [-0.15, -0.1) is 0 Å². The molecule has 7 heteroatoms. The van der Waals surface area contributed by atoms with Crippen LogP contribution in [-0.4, -0.2) is 18.1 Å². The van der Waals surface area contributed by atoms with Gasteiger partial charge in [0.25, 0.3) is 0 Å². The Kier molecular flexibility index (Phi) is 3.75. The molecule has 1 aromatic heterocycles. The summed E-state index contributed by atoms with van der Waals surface area (Å²) in [5, 5.41) is 1.83. The highest BCUT2D eigenvalue weighted by Crippen LogP contribution is 2.35. The summed E-state index contributed by atoms with van der Waals surface area (Å²) in [4.78, 5) is 15.5. The summed E-state index contributed by atoms with van der Waals surface area (Å²) in [5.41, 5.74) is 6.45. The first kappa shape index (κ1) is 13.1. The SMILES string of the molecule is COC(=O)c1nc(-c2cc(Cl)ccc2Cl)sc1N. The minimum absolute atomic E-state index is 0.0912. The predicted octanol–water partition coefficient (Wildman–Crippen LogP) is 3.49. The fourth-order valence-electron chi connectivity index (χ4n) is 1.35. The summed E-state index contributed by atoms with van der Waals surface area (Å²) >= 11 is 13.1. The molecule has 4 nitrogen and oxygen atoms in total. The Morgan fingerprint density at radius 2 is 2.17 bits per heavy atom. The van der Waals surface area contributed by atoms with Gasteiger partial charge >= 0.3 is 5.97 Å². The number of hydrogen-bond acceptors (Lipinski definition) is 5. The number of ether oxygens (including phenoxy) is 1. The summed E-state index contributed by atoms with van der Waals surface area (Å²) in [6, 6.07) is 5.00. The van der Waals surface area contributed by atoms with Crippen LogP contribution in [0.15, 0.2) is 18.2 Å². The molecule has 0 atom stereocenters. The fourth-order valence-corrected chi connectivity index (χ4v) is 2.64. The molecule has 0 bridgehead atoms. The Morgan fingerprint density at radius 3 is 2.83 bits per heavy atom. The summed E-state index contributed by atoms with van der Waals surface area (Å²) < 4.78 is 4.59. The van der Waals surface area contributed by atoms with E-state index in [1.807, 2.05) is 0 Å². The molecule has 0 amide bonds. The van der Waals surface area contributed by atoms with Crippen LogP contribution in [-0.2, 0) is 4.74 Å². The van der Waals surface area contributed by atoms with Crippen LogP contribution in [0.1, 0.15) is 10.5 Å². The molecule has 0 radical (unpaired) electrons.